The van der Waals surface area contributed by atoms with Gasteiger partial charge in [-0.2, -0.15) is 13.2 Å². The van der Waals surface area contributed by atoms with E-state index in [0.717, 1.165) is 5.56 Å². The molecule has 0 aliphatic heterocycles. The minimum Gasteiger partial charge on any atom is -0.492 e. The molecule has 0 aliphatic rings. The SMILES string of the molecule is Cc1cc(OCCn2c(C)c(C(=O)C(F)(F)F)c3ccccc32)ccc1Cl. The lowest BCUT2D eigenvalue weighted by Gasteiger charge is -2.11. The molecule has 0 amide bonds. The Labute approximate surface area is 159 Å². The van der Waals surface area contributed by atoms with Crippen molar-refractivity contribution in [2.45, 2.75) is 26.6 Å². The van der Waals surface area contributed by atoms with Crippen LogP contribution in [0.1, 0.15) is 21.6 Å². The maximum Gasteiger partial charge on any atom is 0.454 e. The second kappa shape index (κ2) is 7.27. The lowest BCUT2D eigenvalue weighted by Crippen LogP contribution is -2.23. The molecule has 0 atom stereocenters. The predicted octanol–water partition coefficient (Wildman–Crippen LogP) is 5.74. The van der Waals surface area contributed by atoms with E-state index >= 15 is 0 Å². The summed E-state index contributed by atoms with van der Waals surface area (Å²) in [6, 6.07) is 11.8. The number of alkyl halides is 3. The molecule has 0 spiro atoms. The van der Waals surface area contributed by atoms with Crippen molar-refractivity contribution in [3.8, 4) is 5.75 Å². The second-order valence-corrected chi connectivity index (χ2v) is 6.62. The molecule has 1 heterocycles. The smallest absolute Gasteiger partial charge is 0.454 e. The van der Waals surface area contributed by atoms with Crippen molar-refractivity contribution in [1.29, 1.82) is 0 Å². The third kappa shape index (κ3) is 3.81. The van der Waals surface area contributed by atoms with E-state index in [4.69, 9.17) is 16.3 Å². The molecule has 0 unspecified atom stereocenters. The Morgan fingerprint density at radius 2 is 1.85 bits per heavy atom. The molecule has 27 heavy (non-hydrogen) atoms. The van der Waals surface area contributed by atoms with Crippen molar-refractivity contribution in [2.24, 2.45) is 0 Å². The Bertz CT molecular complexity index is 1010. The Hall–Kier alpha value is -2.47. The molecule has 0 fully saturated rings. The fraction of sp³-hybridized carbons (Fsp3) is 0.250. The Morgan fingerprint density at radius 1 is 1.15 bits per heavy atom. The molecule has 1 aromatic heterocycles. The summed E-state index contributed by atoms with van der Waals surface area (Å²) in [5, 5.41) is 0.921. The highest BCUT2D eigenvalue weighted by molar-refractivity contribution is 6.31. The normalized spacial score (nSPS) is 11.8. The average molecular weight is 396 g/mol. The van der Waals surface area contributed by atoms with Gasteiger partial charge in [-0.3, -0.25) is 4.79 Å². The number of ketones is 1. The number of carbonyl (C=O) groups is 1. The first-order chi connectivity index (χ1) is 12.7. The van der Waals surface area contributed by atoms with Crippen LogP contribution in [-0.4, -0.2) is 23.1 Å². The van der Waals surface area contributed by atoms with E-state index in [0.29, 0.717) is 28.2 Å². The molecule has 3 aromatic rings. The van der Waals surface area contributed by atoms with E-state index in [1.54, 1.807) is 41.0 Å². The van der Waals surface area contributed by atoms with Gasteiger partial charge in [-0.1, -0.05) is 29.8 Å². The van der Waals surface area contributed by atoms with Gasteiger partial charge in [0.2, 0.25) is 0 Å². The van der Waals surface area contributed by atoms with Gasteiger partial charge in [-0.05, 0) is 43.7 Å². The number of halogens is 4. The van der Waals surface area contributed by atoms with Gasteiger partial charge in [0, 0.05) is 21.6 Å². The maximum atomic E-state index is 13.0. The van der Waals surface area contributed by atoms with E-state index in [-0.39, 0.29) is 17.9 Å². The number of carbonyl (C=O) groups excluding carboxylic acids is 1. The van der Waals surface area contributed by atoms with Crippen LogP contribution in [0.4, 0.5) is 13.2 Å². The summed E-state index contributed by atoms with van der Waals surface area (Å²) in [6.45, 7) is 3.92. The third-order valence-corrected chi connectivity index (χ3v) is 4.85. The van der Waals surface area contributed by atoms with Crippen LogP contribution in [0, 0.1) is 13.8 Å². The predicted molar refractivity (Wildman–Crippen MR) is 98.7 cm³/mol. The third-order valence-electron chi connectivity index (χ3n) is 4.43. The fourth-order valence-electron chi connectivity index (χ4n) is 3.11. The average Bonchev–Trinajstić information content (AvgIpc) is 2.88. The number of nitrogens with zero attached hydrogens (tertiary/aromatic N) is 1. The first kappa shape index (κ1) is 19.3. The van der Waals surface area contributed by atoms with Crippen molar-refractivity contribution in [3.05, 3.63) is 64.3 Å². The molecule has 0 aliphatic carbocycles. The van der Waals surface area contributed by atoms with Crippen molar-refractivity contribution in [1.82, 2.24) is 4.57 Å². The molecule has 142 valence electrons. The number of Topliss-reactive ketones (excluding diaryl/α,β-unsaturated/α-hetero) is 1. The summed E-state index contributed by atoms with van der Waals surface area (Å²) in [5.74, 6) is -1.21. The number of aromatic nitrogens is 1. The van der Waals surface area contributed by atoms with Crippen molar-refractivity contribution < 1.29 is 22.7 Å². The first-order valence-corrected chi connectivity index (χ1v) is 8.66. The van der Waals surface area contributed by atoms with E-state index in [2.05, 4.69) is 0 Å². The van der Waals surface area contributed by atoms with E-state index in [1.807, 2.05) is 6.92 Å². The minimum absolute atomic E-state index is 0.236. The summed E-state index contributed by atoms with van der Waals surface area (Å²) in [4.78, 5) is 11.9. The number of ether oxygens (including phenoxy) is 1. The van der Waals surface area contributed by atoms with Gasteiger partial charge in [-0.25, -0.2) is 0 Å². The molecule has 0 bridgehead atoms. The van der Waals surface area contributed by atoms with Crippen LogP contribution in [0.15, 0.2) is 42.5 Å². The van der Waals surface area contributed by atoms with Gasteiger partial charge in [0.05, 0.1) is 12.1 Å². The molecule has 0 saturated carbocycles. The van der Waals surface area contributed by atoms with Crippen LogP contribution in [0.2, 0.25) is 5.02 Å². The topological polar surface area (TPSA) is 31.2 Å². The summed E-state index contributed by atoms with van der Waals surface area (Å²) in [5.41, 5.74) is 1.41. The van der Waals surface area contributed by atoms with Crippen LogP contribution in [0.5, 0.6) is 5.75 Å². The molecule has 0 saturated heterocycles. The van der Waals surface area contributed by atoms with Crippen LogP contribution >= 0.6 is 11.6 Å². The summed E-state index contributed by atoms with van der Waals surface area (Å²) in [7, 11) is 0. The first-order valence-electron chi connectivity index (χ1n) is 8.28. The Kier molecular flexibility index (Phi) is 5.20. The maximum absolute atomic E-state index is 13.0. The summed E-state index contributed by atoms with van der Waals surface area (Å²) < 4.78 is 46.4. The highest BCUT2D eigenvalue weighted by Crippen LogP contribution is 2.31. The number of fused-ring (bicyclic) bond motifs is 1. The molecule has 3 nitrogen and oxygen atoms in total. The fourth-order valence-corrected chi connectivity index (χ4v) is 3.23. The molecule has 3 rings (SSSR count). The number of benzene rings is 2. The molecule has 7 heteroatoms. The number of para-hydroxylation sites is 1. The zero-order valence-electron chi connectivity index (χ0n) is 14.7. The standard InChI is InChI=1S/C20H17ClF3NO2/c1-12-11-14(7-8-16(12)21)27-10-9-25-13(2)18(19(26)20(22,23)24)15-5-3-4-6-17(15)25/h3-8,11H,9-10H2,1-2H3. The van der Waals surface area contributed by atoms with Crippen LogP contribution in [0.25, 0.3) is 10.9 Å². The van der Waals surface area contributed by atoms with Crippen molar-refractivity contribution in [2.75, 3.05) is 6.61 Å². The highest BCUT2D eigenvalue weighted by atomic mass is 35.5. The number of aryl methyl sites for hydroxylation is 1. The lowest BCUT2D eigenvalue weighted by molar-refractivity contribution is -0.0884. The van der Waals surface area contributed by atoms with E-state index < -0.39 is 12.0 Å². The largest absolute Gasteiger partial charge is 0.492 e. The van der Waals surface area contributed by atoms with Gasteiger partial charge >= 0.3 is 6.18 Å². The van der Waals surface area contributed by atoms with Crippen LogP contribution in [-0.2, 0) is 6.54 Å². The molecular formula is C20H17ClF3NO2. The van der Waals surface area contributed by atoms with Gasteiger partial charge in [0.25, 0.3) is 5.78 Å². The molecular weight excluding hydrogens is 379 g/mol. The quantitative estimate of drug-likeness (QED) is 0.516. The summed E-state index contributed by atoms with van der Waals surface area (Å²) in [6.07, 6.45) is -4.92. The highest BCUT2D eigenvalue weighted by Gasteiger charge is 2.42. The Balaban J connectivity index is 1.89. The van der Waals surface area contributed by atoms with Gasteiger partial charge in [0.1, 0.15) is 12.4 Å². The van der Waals surface area contributed by atoms with Crippen LogP contribution < -0.4 is 4.74 Å². The molecule has 0 radical (unpaired) electrons. The molecule has 0 N–H and O–H groups in total. The minimum atomic E-state index is -4.92. The zero-order valence-corrected chi connectivity index (χ0v) is 15.5. The number of hydrogen-bond acceptors (Lipinski definition) is 2. The zero-order chi connectivity index (χ0) is 19.8. The number of rotatable bonds is 5. The molecule has 2 aromatic carbocycles. The van der Waals surface area contributed by atoms with Crippen molar-refractivity contribution in [3.63, 3.8) is 0 Å². The van der Waals surface area contributed by atoms with Gasteiger partial charge < -0.3 is 9.30 Å². The van der Waals surface area contributed by atoms with Crippen molar-refractivity contribution >= 4 is 28.3 Å². The van der Waals surface area contributed by atoms with Crippen LogP contribution in [0.3, 0.4) is 0 Å². The monoisotopic (exact) mass is 395 g/mol. The second-order valence-electron chi connectivity index (χ2n) is 6.22. The Morgan fingerprint density at radius 3 is 2.52 bits per heavy atom. The van der Waals surface area contributed by atoms with E-state index in [9.17, 15) is 18.0 Å². The number of hydrogen-bond donors (Lipinski definition) is 0. The summed E-state index contributed by atoms with van der Waals surface area (Å²) >= 11 is 5.98. The lowest BCUT2D eigenvalue weighted by atomic mass is 10.1. The van der Waals surface area contributed by atoms with Gasteiger partial charge in [0.15, 0.2) is 0 Å². The van der Waals surface area contributed by atoms with E-state index in [1.165, 1.54) is 13.0 Å². The van der Waals surface area contributed by atoms with Gasteiger partial charge in [-0.15, -0.1) is 0 Å².